The molecule has 1 aromatic carbocycles. The number of hydrogen-bond acceptors (Lipinski definition) is 2. The molecule has 0 bridgehead atoms. The molecule has 1 amide bonds. The quantitative estimate of drug-likeness (QED) is 0.725. The zero-order chi connectivity index (χ0) is 9.84. The number of ether oxygens (including phenoxy) is 1. The summed E-state index contributed by atoms with van der Waals surface area (Å²) < 4.78 is 17.0. The summed E-state index contributed by atoms with van der Waals surface area (Å²) in [7, 11) is 1.27. The first-order valence-corrected chi connectivity index (χ1v) is 3.74. The van der Waals surface area contributed by atoms with E-state index in [-0.39, 0.29) is 5.82 Å². The van der Waals surface area contributed by atoms with E-state index in [9.17, 15) is 9.18 Å². The van der Waals surface area contributed by atoms with Gasteiger partial charge < -0.3 is 4.74 Å². The van der Waals surface area contributed by atoms with E-state index in [1.165, 1.54) is 25.3 Å². The Kier molecular flexibility index (Phi) is 2.84. The lowest BCUT2D eigenvalue weighted by atomic mass is 10.2. The van der Waals surface area contributed by atoms with Crippen LogP contribution in [0.4, 0.5) is 14.9 Å². The first-order chi connectivity index (χ1) is 6.13. The van der Waals surface area contributed by atoms with Crippen molar-refractivity contribution < 1.29 is 13.9 Å². The van der Waals surface area contributed by atoms with Crippen molar-refractivity contribution in [3.8, 4) is 0 Å². The third-order valence-corrected chi connectivity index (χ3v) is 1.61. The molecule has 13 heavy (non-hydrogen) atoms. The highest BCUT2D eigenvalue weighted by Gasteiger charge is 2.03. The summed E-state index contributed by atoms with van der Waals surface area (Å²) in [6.07, 6.45) is -0.560. The maximum absolute atomic E-state index is 12.6. The number of carbonyl (C=O) groups excluding carboxylic acids is 1. The maximum atomic E-state index is 12.6. The van der Waals surface area contributed by atoms with Gasteiger partial charge in [0.25, 0.3) is 0 Å². The molecule has 0 saturated carbocycles. The Bertz CT molecular complexity index is 325. The minimum Gasteiger partial charge on any atom is -0.453 e. The Hall–Kier alpha value is -1.58. The average Bonchev–Trinajstić information content (AvgIpc) is 2.09. The molecular weight excluding hydrogens is 173 g/mol. The van der Waals surface area contributed by atoms with Gasteiger partial charge in [0.15, 0.2) is 0 Å². The molecule has 0 fully saturated rings. The number of hydrogen-bond donors (Lipinski definition) is 1. The number of anilines is 1. The third kappa shape index (κ3) is 2.43. The van der Waals surface area contributed by atoms with Crippen molar-refractivity contribution in [1.82, 2.24) is 0 Å². The smallest absolute Gasteiger partial charge is 0.411 e. The largest absolute Gasteiger partial charge is 0.453 e. The van der Waals surface area contributed by atoms with Crippen molar-refractivity contribution in [2.24, 2.45) is 0 Å². The van der Waals surface area contributed by atoms with Gasteiger partial charge in [-0.1, -0.05) is 0 Å². The molecule has 0 aliphatic carbocycles. The minimum atomic E-state index is -0.560. The van der Waals surface area contributed by atoms with Crippen LogP contribution in [0, 0.1) is 12.7 Å². The number of benzene rings is 1. The Morgan fingerprint density at radius 1 is 1.54 bits per heavy atom. The fourth-order valence-corrected chi connectivity index (χ4v) is 0.928. The number of amides is 1. The Morgan fingerprint density at radius 2 is 2.23 bits per heavy atom. The summed E-state index contributed by atoms with van der Waals surface area (Å²) >= 11 is 0. The monoisotopic (exact) mass is 183 g/mol. The molecule has 0 heterocycles. The molecule has 0 saturated heterocycles. The fraction of sp³-hybridized carbons (Fsp3) is 0.222. The SMILES string of the molecule is COC(=O)Nc1ccc(F)cc1C. The molecule has 0 aliphatic heterocycles. The number of carbonyl (C=O) groups is 1. The first kappa shape index (κ1) is 9.51. The summed E-state index contributed by atoms with van der Waals surface area (Å²) in [5, 5.41) is 2.46. The van der Waals surface area contributed by atoms with Crippen LogP contribution in [0.25, 0.3) is 0 Å². The molecule has 3 nitrogen and oxygen atoms in total. The number of rotatable bonds is 1. The van der Waals surface area contributed by atoms with Gasteiger partial charge in [-0.3, -0.25) is 5.32 Å². The minimum absolute atomic E-state index is 0.326. The van der Waals surface area contributed by atoms with Crippen molar-refractivity contribution in [2.75, 3.05) is 12.4 Å². The summed E-state index contributed by atoms with van der Waals surface area (Å²) in [5.41, 5.74) is 1.21. The van der Waals surface area contributed by atoms with Gasteiger partial charge in [0, 0.05) is 5.69 Å². The molecule has 1 aromatic rings. The Morgan fingerprint density at radius 3 is 2.77 bits per heavy atom. The predicted molar refractivity (Wildman–Crippen MR) is 47.2 cm³/mol. The van der Waals surface area contributed by atoms with Crippen LogP contribution >= 0.6 is 0 Å². The number of methoxy groups -OCH3 is 1. The van der Waals surface area contributed by atoms with E-state index in [1.807, 2.05) is 0 Å². The highest BCUT2D eigenvalue weighted by atomic mass is 19.1. The van der Waals surface area contributed by atoms with Crippen molar-refractivity contribution in [2.45, 2.75) is 6.92 Å². The number of nitrogens with one attached hydrogen (secondary N) is 1. The van der Waals surface area contributed by atoms with Crippen molar-refractivity contribution in [3.05, 3.63) is 29.6 Å². The van der Waals surface area contributed by atoms with E-state index in [1.54, 1.807) is 6.92 Å². The van der Waals surface area contributed by atoms with E-state index >= 15 is 0 Å². The summed E-state index contributed by atoms with van der Waals surface area (Å²) in [6.45, 7) is 1.70. The van der Waals surface area contributed by atoms with Crippen LogP contribution in [0.2, 0.25) is 0 Å². The second-order valence-electron chi connectivity index (χ2n) is 2.58. The molecule has 0 spiro atoms. The van der Waals surface area contributed by atoms with Crippen LogP contribution in [0.1, 0.15) is 5.56 Å². The van der Waals surface area contributed by atoms with Crippen molar-refractivity contribution in [1.29, 1.82) is 0 Å². The maximum Gasteiger partial charge on any atom is 0.411 e. The molecule has 0 unspecified atom stereocenters. The van der Waals surface area contributed by atoms with Crippen LogP contribution < -0.4 is 5.32 Å². The van der Waals surface area contributed by atoms with Gasteiger partial charge in [-0.25, -0.2) is 9.18 Å². The molecule has 1 N–H and O–H groups in total. The lowest BCUT2D eigenvalue weighted by molar-refractivity contribution is 0.187. The second kappa shape index (κ2) is 3.89. The van der Waals surface area contributed by atoms with Gasteiger partial charge in [-0.2, -0.15) is 0 Å². The lowest BCUT2D eigenvalue weighted by Gasteiger charge is -2.06. The molecule has 70 valence electrons. The average molecular weight is 183 g/mol. The highest BCUT2D eigenvalue weighted by Crippen LogP contribution is 2.15. The zero-order valence-corrected chi connectivity index (χ0v) is 7.43. The van der Waals surface area contributed by atoms with Gasteiger partial charge in [0.1, 0.15) is 5.82 Å². The first-order valence-electron chi connectivity index (χ1n) is 3.74. The van der Waals surface area contributed by atoms with Gasteiger partial charge >= 0.3 is 6.09 Å². The van der Waals surface area contributed by atoms with E-state index in [4.69, 9.17) is 0 Å². The predicted octanol–water partition coefficient (Wildman–Crippen LogP) is 2.31. The Labute approximate surface area is 75.5 Å². The topological polar surface area (TPSA) is 38.3 Å². The van der Waals surface area contributed by atoms with Crippen molar-refractivity contribution >= 4 is 11.8 Å². The summed E-state index contributed by atoms with van der Waals surface area (Å²) in [5.74, 6) is -0.326. The number of aryl methyl sites for hydroxylation is 1. The number of halogens is 1. The second-order valence-corrected chi connectivity index (χ2v) is 2.58. The Balaban J connectivity index is 2.83. The third-order valence-electron chi connectivity index (χ3n) is 1.61. The van der Waals surface area contributed by atoms with Crippen LogP contribution in [0.3, 0.4) is 0 Å². The molecule has 0 atom stereocenters. The van der Waals surface area contributed by atoms with Gasteiger partial charge in [-0.15, -0.1) is 0 Å². The van der Waals surface area contributed by atoms with E-state index in [2.05, 4.69) is 10.1 Å². The fourth-order valence-electron chi connectivity index (χ4n) is 0.928. The summed E-state index contributed by atoms with van der Waals surface area (Å²) in [6, 6.07) is 4.10. The van der Waals surface area contributed by atoms with Crippen LogP contribution in [0.5, 0.6) is 0 Å². The standard InChI is InChI=1S/C9H10FNO2/c1-6-5-7(10)3-4-8(6)11-9(12)13-2/h3-5H,1-2H3,(H,11,12). The molecular formula is C9H10FNO2. The lowest BCUT2D eigenvalue weighted by Crippen LogP contribution is -2.11. The van der Waals surface area contributed by atoms with Crippen molar-refractivity contribution in [3.63, 3.8) is 0 Å². The van der Waals surface area contributed by atoms with Gasteiger partial charge in [-0.05, 0) is 30.7 Å². The van der Waals surface area contributed by atoms with E-state index < -0.39 is 6.09 Å². The highest BCUT2D eigenvalue weighted by molar-refractivity contribution is 5.85. The van der Waals surface area contributed by atoms with Crippen LogP contribution in [-0.4, -0.2) is 13.2 Å². The summed E-state index contributed by atoms with van der Waals surface area (Å²) in [4.78, 5) is 10.8. The molecule has 4 heteroatoms. The van der Waals surface area contributed by atoms with Crippen LogP contribution in [-0.2, 0) is 4.74 Å². The molecule has 0 aromatic heterocycles. The molecule has 1 rings (SSSR count). The van der Waals surface area contributed by atoms with Crippen LogP contribution in [0.15, 0.2) is 18.2 Å². The molecule has 0 radical (unpaired) electrons. The van der Waals surface area contributed by atoms with E-state index in [0.29, 0.717) is 11.3 Å². The zero-order valence-electron chi connectivity index (χ0n) is 7.43. The van der Waals surface area contributed by atoms with E-state index in [0.717, 1.165) is 0 Å². The normalized spacial score (nSPS) is 9.46. The van der Waals surface area contributed by atoms with Gasteiger partial charge in [0.2, 0.25) is 0 Å². The van der Waals surface area contributed by atoms with Gasteiger partial charge in [0.05, 0.1) is 7.11 Å². The molecule has 0 aliphatic rings.